The average Bonchev–Trinajstić information content (AvgIpc) is 2.42. The first-order valence-corrected chi connectivity index (χ1v) is 6.22. The number of fused-ring (bicyclic) bond motifs is 1. The molecule has 0 fully saturated rings. The molecule has 0 saturated carbocycles. The molecule has 3 rings (SSSR count). The maximum atomic E-state index is 13.4. The van der Waals surface area contributed by atoms with Gasteiger partial charge in [0.05, 0.1) is 5.52 Å². The van der Waals surface area contributed by atoms with Crippen molar-refractivity contribution in [2.24, 2.45) is 0 Å². The van der Waals surface area contributed by atoms with Crippen LogP contribution < -0.4 is 10.5 Å². The van der Waals surface area contributed by atoms with E-state index in [1.165, 1.54) is 12.1 Å². The van der Waals surface area contributed by atoms with Gasteiger partial charge >= 0.3 is 0 Å². The monoisotopic (exact) mass is 268 g/mol. The van der Waals surface area contributed by atoms with Gasteiger partial charge in [-0.3, -0.25) is 4.98 Å². The van der Waals surface area contributed by atoms with E-state index in [2.05, 4.69) is 4.98 Å². The molecule has 2 aromatic carbocycles. The summed E-state index contributed by atoms with van der Waals surface area (Å²) in [7, 11) is 0. The van der Waals surface area contributed by atoms with Gasteiger partial charge in [0.2, 0.25) is 0 Å². The van der Waals surface area contributed by atoms with Crippen LogP contribution in [0.1, 0.15) is 5.69 Å². The van der Waals surface area contributed by atoms with Crippen molar-refractivity contribution in [2.75, 3.05) is 5.73 Å². The second kappa shape index (κ2) is 4.81. The molecule has 0 bridgehead atoms. The van der Waals surface area contributed by atoms with E-state index in [0.717, 1.165) is 5.69 Å². The number of aromatic nitrogens is 1. The number of halogens is 1. The zero-order valence-corrected chi connectivity index (χ0v) is 10.9. The van der Waals surface area contributed by atoms with Gasteiger partial charge in [-0.2, -0.15) is 0 Å². The van der Waals surface area contributed by atoms with Gasteiger partial charge in [-0.25, -0.2) is 4.39 Å². The van der Waals surface area contributed by atoms with Gasteiger partial charge in [-0.15, -0.1) is 0 Å². The van der Waals surface area contributed by atoms with Crippen molar-refractivity contribution in [2.45, 2.75) is 6.92 Å². The molecule has 0 saturated heterocycles. The number of benzene rings is 2. The highest BCUT2D eigenvalue weighted by atomic mass is 19.1. The predicted octanol–water partition coefficient (Wildman–Crippen LogP) is 4.06. The van der Waals surface area contributed by atoms with Crippen LogP contribution in [0.15, 0.2) is 48.5 Å². The molecule has 0 aliphatic rings. The Bertz CT molecular complexity index is 769. The van der Waals surface area contributed by atoms with Crippen LogP contribution >= 0.6 is 0 Å². The Morgan fingerprint density at radius 2 is 1.80 bits per heavy atom. The largest absolute Gasteiger partial charge is 0.457 e. The Kier molecular flexibility index (Phi) is 2.99. The van der Waals surface area contributed by atoms with E-state index in [9.17, 15) is 4.39 Å². The second-order valence-electron chi connectivity index (χ2n) is 4.59. The molecule has 3 nitrogen and oxygen atoms in total. The summed E-state index contributed by atoms with van der Waals surface area (Å²) in [5.74, 6) is 0.914. The summed E-state index contributed by atoms with van der Waals surface area (Å²) in [5, 5.41) is 0.646. The molecule has 20 heavy (non-hydrogen) atoms. The quantitative estimate of drug-likeness (QED) is 0.713. The van der Waals surface area contributed by atoms with Crippen LogP contribution in [0.4, 0.5) is 10.1 Å². The summed E-state index contributed by atoms with van der Waals surface area (Å²) in [5.41, 5.74) is 7.83. The van der Waals surface area contributed by atoms with E-state index < -0.39 is 0 Å². The minimum absolute atomic E-state index is 0.315. The zero-order chi connectivity index (χ0) is 14.1. The highest BCUT2D eigenvalue weighted by Gasteiger charge is 2.07. The fourth-order valence-electron chi connectivity index (χ4n) is 2.04. The van der Waals surface area contributed by atoms with Crippen LogP contribution in [-0.4, -0.2) is 4.98 Å². The third-order valence-corrected chi connectivity index (χ3v) is 2.97. The van der Waals surface area contributed by atoms with Crippen LogP contribution in [0, 0.1) is 12.7 Å². The molecule has 4 heteroatoms. The molecule has 3 aromatic rings. The SMILES string of the molecule is Cc1cc(Oc2ccc(N)cc2)c2cc(F)ccc2n1. The van der Waals surface area contributed by atoms with Gasteiger partial charge in [0.15, 0.2) is 0 Å². The molecule has 0 aliphatic carbocycles. The Hall–Kier alpha value is -2.62. The number of pyridine rings is 1. The van der Waals surface area contributed by atoms with Gasteiger partial charge in [-0.05, 0) is 49.4 Å². The van der Waals surface area contributed by atoms with Crippen LogP contribution in [0.3, 0.4) is 0 Å². The number of anilines is 1. The van der Waals surface area contributed by atoms with Gasteiger partial charge in [0, 0.05) is 22.8 Å². The van der Waals surface area contributed by atoms with E-state index in [-0.39, 0.29) is 5.82 Å². The molecule has 0 amide bonds. The molecule has 0 spiro atoms. The van der Waals surface area contributed by atoms with Crippen molar-refractivity contribution in [1.82, 2.24) is 4.98 Å². The highest BCUT2D eigenvalue weighted by Crippen LogP contribution is 2.30. The van der Waals surface area contributed by atoms with Gasteiger partial charge in [-0.1, -0.05) is 0 Å². The molecule has 1 aromatic heterocycles. The molecule has 2 N–H and O–H groups in total. The molecule has 0 atom stereocenters. The van der Waals surface area contributed by atoms with Crippen molar-refractivity contribution < 1.29 is 9.13 Å². The molecular weight excluding hydrogens is 255 g/mol. The van der Waals surface area contributed by atoms with Crippen molar-refractivity contribution in [1.29, 1.82) is 0 Å². The number of hydrogen-bond donors (Lipinski definition) is 1. The highest BCUT2D eigenvalue weighted by molar-refractivity contribution is 5.85. The number of rotatable bonds is 2. The number of nitrogens with zero attached hydrogens (tertiary/aromatic N) is 1. The molecule has 0 unspecified atom stereocenters. The number of nitrogen functional groups attached to an aromatic ring is 1. The smallest absolute Gasteiger partial charge is 0.138 e. The Morgan fingerprint density at radius 1 is 1.05 bits per heavy atom. The Morgan fingerprint density at radius 3 is 2.55 bits per heavy atom. The van der Waals surface area contributed by atoms with Crippen LogP contribution in [0.2, 0.25) is 0 Å². The van der Waals surface area contributed by atoms with Gasteiger partial charge in [0.1, 0.15) is 17.3 Å². The maximum absolute atomic E-state index is 13.4. The Labute approximate surface area is 115 Å². The lowest BCUT2D eigenvalue weighted by Gasteiger charge is -2.10. The van der Waals surface area contributed by atoms with Crippen molar-refractivity contribution in [3.63, 3.8) is 0 Å². The van der Waals surface area contributed by atoms with Crippen molar-refractivity contribution >= 4 is 16.6 Å². The van der Waals surface area contributed by atoms with E-state index in [0.29, 0.717) is 28.1 Å². The minimum Gasteiger partial charge on any atom is -0.457 e. The number of aryl methyl sites for hydroxylation is 1. The normalized spacial score (nSPS) is 10.7. The van der Waals surface area contributed by atoms with E-state index in [1.807, 2.05) is 6.92 Å². The summed E-state index contributed by atoms with van der Waals surface area (Å²) in [6.45, 7) is 1.87. The summed E-state index contributed by atoms with van der Waals surface area (Å²) in [6.07, 6.45) is 0. The second-order valence-corrected chi connectivity index (χ2v) is 4.59. The predicted molar refractivity (Wildman–Crippen MR) is 77.4 cm³/mol. The lowest BCUT2D eigenvalue weighted by Crippen LogP contribution is -1.92. The third kappa shape index (κ3) is 2.40. The lowest BCUT2D eigenvalue weighted by atomic mass is 10.2. The summed E-state index contributed by atoms with van der Waals surface area (Å²) in [6, 6.07) is 13.3. The third-order valence-electron chi connectivity index (χ3n) is 2.97. The van der Waals surface area contributed by atoms with E-state index in [4.69, 9.17) is 10.5 Å². The summed E-state index contributed by atoms with van der Waals surface area (Å²) in [4.78, 5) is 4.37. The van der Waals surface area contributed by atoms with Crippen molar-refractivity contribution in [3.05, 3.63) is 60.0 Å². The summed E-state index contributed by atoms with van der Waals surface area (Å²) >= 11 is 0. The first-order chi connectivity index (χ1) is 9.61. The van der Waals surface area contributed by atoms with E-state index in [1.54, 1.807) is 36.4 Å². The molecular formula is C16H13FN2O. The average molecular weight is 268 g/mol. The molecule has 0 radical (unpaired) electrons. The number of hydrogen-bond acceptors (Lipinski definition) is 3. The standard InChI is InChI=1S/C16H13FN2O/c1-10-8-16(20-13-5-3-12(18)4-6-13)14-9-11(17)2-7-15(14)19-10/h2-9H,18H2,1H3. The first kappa shape index (κ1) is 12.4. The maximum Gasteiger partial charge on any atom is 0.138 e. The minimum atomic E-state index is -0.315. The van der Waals surface area contributed by atoms with Crippen LogP contribution in [-0.2, 0) is 0 Å². The van der Waals surface area contributed by atoms with Crippen LogP contribution in [0.25, 0.3) is 10.9 Å². The number of ether oxygens (including phenoxy) is 1. The van der Waals surface area contributed by atoms with Crippen LogP contribution in [0.5, 0.6) is 11.5 Å². The summed E-state index contributed by atoms with van der Waals surface area (Å²) < 4.78 is 19.2. The Balaban J connectivity index is 2.10. The first-order valence-electron chi connectivity index (χ1n) is 6.22. The van der Waals surface area contributed by atoms with Gasteiger partial charge in [0.25, 0.3) is 0 Å². The topological polar surface area (TPSA) is 48.1 Å². The zero-order valence-electron chi connectivity index (χ0n) is 10.9. The fraction of sp³-hybridized carbons (Fsp3) is 0.0625. The molecule has 1 heterocycles. The number of nitrogens with two attached hydrogens (primary N) is 1. The molecule has 0 aliphatic heterocycles. The van der Waals surface area contributed by atoms with E-state index >= 15 is 0 Å². The van der Waals surface area contributed by atoms with Gasteiger partial charge < -0.3 is 10.5 Å². The fourth-order valence-corrected chi connectivity index (χ4v) is 2.04. The lowest BCUT2D eigenvalue weighted by molar-refractivity contribution is 0.487. The molecule has 100 valence electrons. The van der Waals surface area contributed by atoms with Crippen molar-refractivity contribution in [3.8, 4) is 11.5 Å².